The van der Waals surface area contributed by atoms with Gasteiger partial charge in [-0.1, -0.05) is 29.8 Å². The number of carbonyl (C=O) groups excluding carboxylic acids is 2. The highest BCUT2D eigenvalue weighted by Crippen LogP contribution is 2.16. The molecule has 24 heavy (non-hydrogen) atoms. The fraction of sp³-hybridized carbons (Fsp3) is 0.438. The number of carboxylic acid groups (broad SMARTS) is 1. The largest absolute Gasteiger partial charge is 0.480 e. The number of aliphatic carboxylic acids is 1. The SMILES string of the molecule is CC(C)[C@H](NC(=O)c1ccc(Br)cc1)C(=O)N1COC[C@H]1C(=O)O. The van der Waals surface area contributed by atoms with Gasteiger partial charge in [-0.3, -0.25) is 9.59 Å². The molecule has 1 fully saturated rings. The predicted molar refractivity (Wildman–Crippen MR) is 89.3 cm³/mol. The van der Waals surface area contributed by atoms with E-state index in [0.29, 0.717) is 5.56 Å². The number of ether oxygens (including phenoxy) is 1. The molecule has 130 valence electrons. The second-order valence-corrected chi connectivity index (χ2v) is 6.78. The van der Waals surface area contributed by atoms with Crippen LogP contribution in [-0.4, -0.2) is 53.2 Å². The van der Waals surface area contributed by atoms with Gasteiger partial charge in [0, 0.05) is 10.0 Å². The van der Waals surface area contributed by atoms with Crippen molar-refractivity contribution >= 4 is 33.7 Å². The summed E-state index contributed by atoms with van der Waals surface area (Å²) in [7, 11) is 0. The van der Waals surface area contributed by atoms with Crippen molar-refractivity contribution in [2.45, 2.75) is 25.9 Å². The van der Waals surface area contributed by atoms with Gasteiger partial charge in [-0.2, -0.15) is 0 Å². The lowest BCUT2D eigenvalue weighted by Crippen LogP contribution is -2.54. The van der Waals surface area contributed by atoms with E-state index in [9.17, 15) is 19.5 Å². The van der Waals surface area contributed by atoms with E-state index in [-0.39, 0.29) is 25.2 Å². The molecule has 8 heteroatoms. The summed E-state index contributed by atoms with van der Waals surface area (Å²) in [5, 5.41) is 11.9. The Morgan fingerprint density at radius 2 is 1.92 bits per heavy atom. The Morgan fingerprint density at radius 3 is 2.46 bits per heavy atom. The van der Waals surface area contributed by atoms with Gasteiger partial charge < -0.3 is 20.1 Å². The summed E-state index contributed by atoms with van der Waals surface area (Å²) in [6.07, 6.45) is 0. The van der Waals surface area contributed by atoms with Crippen LogP contribution >= 0.6 is 15.9 Å². The van der Waals surface area contributed by atoms with E-state index in [1.165, 1.54) is 0 Å². The Kier molecular flexibility index (Phi) is 5.95. The van der Waals surface area contributed by atoms with Gasteiger partial charge in [0.2, 0.25) is 5.91 Å². The van der Waals surface area contributed by atoms with E-state index in [1.807, 2.05) is 0 Å². The summed E-state index contributed by atoms with van der Waals surface area (Å²) in [5.41, 5.74) is 0.420. The molecule has 2 rings (SSSR count). The molecule has 0 saturated carbocycles. The van der Waals surface area contributed by atoms with Crippen molar-refractivity contribution in [3.63, 3.8) is 0 Å². The van der Waals surface area contributed by atoms with Crippen LogP contribution < -0.4 is 5.32 Å². The second kappa shape index (κ2) is 7.76. The van der Waals surface area contributed by atoms with Crippen LogP contribution in [0, 0.1) is 5.92 Å². The van der Waals surface area contributed by atoms with E-state index < -0.39 is 24.0 Å². The van der Waals surface area contributed by atoms with Gasteiger partial charge in [-0.15, -0.1) is 0 Å². The molecule has 0 radical (unpaired) electrons. The Bertz CT molecular complexity index is 632. The first-order chi connectivity index (χ1) is 11.3. The Morgan fingerprint density at radius 1 is 1.29 bits per heavy atom. The average Bonchev–Trinajstić information content (AvgIpc) is 3.02. The first-order valence-electron chi connectivity index (χ1n) is 7.48. The number of nitrogens with zero attached hydrogens (tertiary/aromatic N) is 1. The summed E-state index contributed by atoms with van der Waals surface area (Å²) in [5.74, 6) is -2.17. The predicted octanol–water partition coefficient (Wildman–Crippen LogP) is 1.47. The van der Waals surface area contributed by atoms with Crippen LogP contribution in [0.4, 0.5) is 0 Å². The molecule has 1 aliphatic rings. The quantitative estimate of drug-likeness (QED) is 0.782. The summed E-state index contributed by atoms with van der Waals surface area (Å²) in [4.78, 5) is 37.4. The lowest BCUT2D eigenvalue weighted by molar-refractivity contribution is -0.149. The van der Waals surface area contributed by atoms with Crippen LogP contribution in [0.5, 0.6) is 0 Å². The molecular weight excluding hydrogens is 380 g/mol. The third-order valence-electron chi connectivity index (χ3n) is 3.78. The monoisotopic (exact) mass is 398 g/mol. The molecule has 0 bridgehead atoms. The maximum Gasteiger partial charge on any atom is 0.328 e. The molecule has 0 aliphatic carbocycles. The molecular formula is C16H19BrN2O5. The third-order valence-corrected chi connectivity index (χ3v) is 4.30. The number of carbonyl (C=O) groups is 3. The number of rotatable bonds is 5. The van der Waals surface area contributed by atoms with E-state index in [1.54, 1.807) is 38.1 Å². The standard InChI is InChI=1S/C16H19BrN2O5/c1-9(2)13(15(21)19-8-24-7-12(19)16(22)23)18-14(20)10-3-5-11(17)6-4-10/h3-6,9,12-13H,7-8H2,1-2H3,(H,18,20)(H,22,23)/t12-,13-/m0/s1. The smallest absolute Gasteiger partial charge is 0.328 e. The summed E-state index contributed by atoms with van der Waals surface area (Å²) in [6, 6.07) is 4.89. The topological polar surface area (TPSA) is 95.9 Å². The van der Waals surface area contributed by atoms with Crippen molar-refractivity contribution in [2.24, 2.45) is 5.92 Å². The second-order valence-electron chi connectivity index (χ2n) is 5.86. The maximum absolute atomic E-state index is 12.7. The van der Waals surface area contributed by atoms with Gasteiger partial charge in [0.15, 0.2) is 6.04 Å². The number of hydrogen-bond donors (Lipinski definition) is 2. The summed E-state index contributed by atoms with van der Waals surface area (Å²) >= 11 is 3.29. The fourth-order valence-electron chi connectivity index (χ4n) is 2.38. The lowest BCUT2D eigenvalue weighted by Gasteiger charge is -2.28. The fourth-order valence-corrected chi connectivity index (χ4v) is 2.65. The number of halogens is 1. The van der Waals surface area contributed by atoms with Crippen molar-refractivity contribution in [2.75, 3.05) is 13.3 Å². The molecule has 2 N–H and O–H groups in total. The third kappa shape index (κ3) is 4.12. The van der Waals surface area contributed by atoms with Crippen LogP contribution in [0.15, 0.2) is 28.7 Å². The zero-order chi connectivity index (χ0) is 17.9. The number of nitrogens with one attached hydrogen (secondary N) is 1. The molecule has 1 aromatic carbocycles. The number of amides is 2. The van der Waals surface area contributed by atoms with Crippen molar-refractivity contribution in [1.82, 2.24) is 10.2 Å². The number of hydrogen-bond acceptors (Lipinski definition) is 4. The molecule has 1 heterocycles. The molecule has 1 saturated heterocycles. The van der Waals surface area contributed by atoms with Crippen molar-refractivity contribution in [1.29, 1.82) is 0 Å². The first kappa shape index (κ1) is 18.4. The minimum atomic E-state index is -1.12. The molecule has 0 aromatic heterocycles. The van der Waals surface area contributed by atoms with Crippen LogP contribution in [-0.2, 0) is 14.3 Å². The molecule has 2 atom stereocenters. The molecule has 1 aliphatic heterocycles. The van der Waals surface area contributed by atoms with Gasteiger partial charge in [0.1, 0.15) is 12.8 Å². The highest BCUT2D eigenvalue weighted by Gasteiger charge is 2.39. The number of carboxylic acids is 1. The number of benzene rings is 1. The Hall–Kier alpha value is -1.93. The average molecular weight is 399 g/mol. The summed E-state index contributed by atoms with van der Waals surface area (Å²) in [6.45, 7) is 3.44. The molecule has 1 aromatic rings. The molecule has 0 unspecified atom stereocenters. The maximum atomic E-state index is 12.7. The molecule has 2 amide bonds. The van der Waals surface area contributed by atoms with E-state index in [2.05, 4.69) is 21.2 Å². The van der Waals surface area contributed by atoms with Crippen LogP contribution in [0.3, 0.4) is 0 Å². The minimum absolute atomic E-state index is 0.0491. The van der Waals surface area contributed by atoms with Crippen LogP contribution in [0.25, 0.3) is 0 Å². The van der Waals surface area contributed by atoms with E-state index >= 15 is 0 Å². The van der Waals surface area contributed by atoms with E-state index in [0.717, 1.165) is 9.37 Å². The first-order valence-corrected chi connectivity index (χ1v) is 8.28. The highest BCUT2D eigenvalue weighted by molar-refractivity contribution is 9.10. The van der Waals surface area contributed by atoms with Gasteiger partial charge in [-0.05, 0) is 30.2 Å². The van der Waals surface area contributed by atoms with E-state index in [4.69, 9.17) is 4.74 Å². The zero-order valence-electron chi connectivity index (χ0n) is 13.4. The molecule has 0 spiro atoms. The zero-order valence-corrected chi connectivity index (χ0v) is 14.9. The Labute approximate surface area is 148 Å². The minimum Gasteiger partial charge on any atom is -0.480 e. The van der Waals surface area contributed by atoms with Crippen molar-refractivity contribution in [3.05, 3.63) is 34.3 Å². The van der Waals surface area contributed by atoms with Gasteiger partial charge in [-0.25, -0.2) is 4.79 Å². The normalized spacial score (nSPS) is 18.5. The molecule has 7 nitrogen and oxygen atoms in total. The lowest BCUT2D eigenvalue weighted by atomic mass is 10.0. The van der Waals surface area contributed by atoms with Crippen LogP contribution in [0.1, 0.15) is 24.2 Å². The van der Waals surface area contributed by atoms with Gasteiger partial charge in [0.05, 0.1) is 6.61 Å². The van der Waals surface area contributed by atoms with Gasteiger partial charge in [0.25, 0.3) is 5.91 Å². The van der Waals surface area contributed by atoms with Gasteiger partial charge >= 0.3 is 5.97 Å². The van der Waals surface area contributed by atoms with Crippen molar-refractivity contribution < 1.29 is 24.2 Å². The van der Waals surface area contributed by atoms with Crippen molar-refractivity contribution in [3.8, 4) is 0 Å². The highest BCUT2D eigenvalue weighted by atomic mass is 79.9. The Balaban J connectivity index is 2.14. The summed E-state index contributed by atoms with van der Waals surface area (Å²) < 4.78 is 5.93. The van der Waals surface area contributed by atoms with Crippen LogP contribution in [0.2, 0.25) is 0 Å².